The number of hydrogen-bond acceptors (Lipinski definition) is 8. The largest absolute Gasteiger partial charge is 0.454 e. The number of fused-ring (bicyclic) bond motifs is 2. The molecule has 4 N–H and O–H groups in total. The van der Waals surface area contributed by atoms with Crippen LogP contribution in [0.15, 0.2) is 93.6 Å². The van der Waals surface area contributed by atoms with Gasteiger partial charge in [-0.05, 0) is 42.0 Å². The third kappa shape index (κ3) is 4.75. The molecule has 1 atom stereocenters. The van der Waals surface area contributed by atoms with Gasteiger partial charge in [0.25, 0.3) is 15.6 Å². The predicted molar refractivity (Wildman–Crippen MR) is 153 cm³/mol. The van der Waals surface area contributed by atoms with Crippen LogP contribution in [0, 0.1) is 0 Å². The highest BCUT2D eigenvalue weighted by Gasteiger charge is 2.36. The van der Waals surface area contributed by atoms with E-state index in [4.69, 9.17) is 15.2 Å². The van der Waals surface area contributed by atoms with Gasteiger partial charge in [0.2, 0.25) is 12.7 Å². The molecule has 12 heteroatoms. The van der Waals surface area contributed by atoms with Crippen LogP contribution in [0.25, 0.3) is 0 Å². The van der Waals surface area contributed by atoms with Crippen molar-refractivity contribution in [2.75, 3.05) is 28.3 Å². The fraction of sp³-hybridized carbons (Fsp3) is 0.143. The molecule has 4 aromatic rings. The minimum absolute atomic E-state index is 0.0499. The minimum Gasteiger partial charge on any atom is -0.454 e. The lowest BCUT2D eigenvalue weighted by Gasteiger charge is -2.21. The third-order valence-corrected chi connectivity index (χ3v) is 9.17. The summed E-state index contributed by atoms with van der Waals surface area (Å²) in [5.41, 5.74) is 7.51. The summed E-state index contributed by atoms with van der Waals surface area (Å²) in [6.07, 6.45) is 0.139. The number of nitrogens with one attached hydrogen (secondary N) is 2. The average molecular weight is 577 g/mol. The molecule has 0 saturated heterocycles. The standard InChI is InChI=1S/C28H24N4O6S2/c29-24-20(13-17-11-12-22-23(14-17)38-16-37-22)25(31-40(35,36)19-9-5-2-6-10-19)28-32(27(24)34)21(15-39-28)26(33)30-18-7-3-1-4-8-18/h1-12,14,21,31H,13,15-16,29H2,(H,30,33)/t21-/m0/s1. The van der Waals surface area contributed by atoms with Crippen LogP contribution in [0.2, 0.25) is 0 Å². The summed E-state index contributed by atoms with van der Waals surface area (Å²) in [7, 11) is -4.05. The highest BCUT2D eigenvalue weighted by atomic mass is 32.2. The lowest BCUT2D eigenvalue weighted by atomic mass is 10.0. The zero-order valence-corrected chi connectivity index (χ0v) is 22.6. The van der Waals surface area contributed by atoms with Gasteiger partial charge in [-0.3, -0.25) is 18.9 Å². The first-order valence-corrected chi connectivity index (χ1v) is 14.8. The molecule has 204 valence electrons. The van der Waals surface area contributed by atoms with Gasteiger partial charge < -0.3 is 20.5 Å². The second-order valence-electron chi connectivity index (χ2n) is 9.21. The molecule has 40 heavy (non-hydrogen) atoms. The maximum atomic E-state index is 13.6. The molecule has 2 aliphatic heterocycles. The van der Waals surface area contributed by atoms with E-state index in [0.717, 1.165) is 5.56 Å². The quantitative estimate of drug-likeness (QED) is 0.301. The van der Waals surface area contributed by atoms with Crippen LogP contribution in [-0.4, -0.2) is 31.4 Å². The summed E-state index contributed by atoms with van der Waals surface area (Å²) in [6.45, 7) is 0.103. The van der Waals surface area contributed by atoms with E-state index in [0.29, 0.717) is 27.8 Å². The Kier molecular flexibility index (Phi) is 6.64. The van der Waals surface area contributed by atoms with Crippen LogP contribution in [0.5, 0.6) is 11.5 Å². The molecule has 3 heterocycles. The van der Waals surface area contributed by atoms with E-state index < -0.39 is 27.5 Å². The van der Waals surface area contributed by atoms with Crippen LogP contribution in [-0.2, 0) is 21.2 Å². The smallest absolute Gasteiger partial charge is 0.275 e. The van der Waals surface area contributed by atoms with Crippen LogP contribution >= 0.6 is 11.8 Å². The average Bonchev–Trinajstić information content (AvgIpc) is 3.62. The second-order valence-corrected chi connectivity index (χ2v) is 11.9. The number of hydrogen-bond donors (Lipinski definition) is 3. The number of sulfonamides is 1. The van der Waals surface area contributed by atoms with Crippen molar-refractivity contribution in [3.63, 3.8) is 0 Å². The van der Waals surface area contributed by atoms with E-state index in [1.54, 1.807) is 60.7 Å². The van der Waals surface area contributed by atoms with Gasteiger partial charge in [-0.25, -0.2) is 8.42 Å². The van der Waals surface area contributed by atoms with Gasteiger partial charge in [-0.1, -0.05) is 42.5 Å². The van der Waals surface area contributed by atoms with Crippen LogP contribution in [0.3, 0.4) is 0 Å². The fourth-order valence-electron chi connectivity index (χ4n) is 4.67. The number of benzene rings is 3. The molecule has 2 aliphatic rings. The highest BCUT2D eigenvalue weighted by Crippen LogP contribution is 2.43. The number of rotatable bonds is 7. The summed E-state index contributed by atoms with van der Waals surface area (Å²) in [4.78, 5) is 26.9. The molecule has 6 rings (SSSR count). The maximum absolute atomic E-state index is 13.6. The highest BCUT2D eigenvalue weighted by molar-refractivity contribution is 7.99. The maximum Gasteiger partial charge on any atom is 0.275 e. The topological polar surface area (TPSA) is 142 Å². The number of ether oxygens (including phenoxy) is 2. The molecule has 0 saturated carbocycles. The molecule has 0 fully saturated rings. The Morgan fingerprint density at radius 1 is 1.00 bits per heavy atom. The molecule has 1 amide bonds. The van der Waals surface area contributed by atoms with Gasteiger partial charge in [-0.15, -0.1) is 11.8 Å². The van der Waals surface area contributed by atoms with Gasteiger partial charge in [0.15, 0.2) is 11.5 Å². The van der Waals surface area contributed by atoms with Crippen molar-refractivity contribution in [3.05, 3.63) is 100 Å². The number of carbonyl (C=O) groups is 1. The predicted octanol–water partition coefficient (Wildman–Crippen LogP) is 3.84. The Balaban J connectivity index is 1.45. The number of nitrogen functional groups attached to an aromatic ring is 1. The monoisotopic (exact) mass is 576 g/mol. The molecule has 0 aliphatic carbocycles. The normalized spacial score (nSPS) is 15.4. The zero-order chi connectivity index (χ0) is 27.9. The van der Waals surface area contributed by atoms with E-state index in [1.165, 1.54) is 28.5 Å². The molecule has 10 nitrogen and oxygen atoms in total. The first kappa shape index (κ1) is 25.8. The minimum atomic E-state index is -4.05. The van der Waals surface area contributed by atoms with Crippen molar-refractivity contribution >= 4 is 44.8 Å². The molecule has 1 aromatic heterocycles. The molecule has 0 bridgehead atoms. The Bertz CT molecular complexity index is 1780. The molecule has 0 radical (unpaired) electrons. The SMILES string of the molecule is Nc1c(Cc2ccc3c(c2)OCO3)c(NS(=O)(=O)c2ccccc2)c2n(c1=O)[C@H](C(=O)Nc1ccccc1)CS2. The van der Waals surface area contributed by atoms with E-state index in [-0.39, 0.29) is 35.2 Å². The van der Waals surface area contributed by atoms with Crippen LogP contribution < -0.4 is 30.8 Å². The number of nitrogens with zero attached hydrogens (tertiary/aromatic N) is 1. The van der Waals surface area contributed by atoms with E-state index in [1.807, 2.05) is 6.07 Å². The number of para-hydroxylation sites is 1. The Labute approximate surface area is 234 Å². The van der Waals surface area contributed by atoms with E-state index in [9.17, 15) is 18.0 Å². The third-order valence-electron chi connectivity index (χ3n) is 6.65. The molecule has 3 aromatic carbocycles. The summed E-state index contributed by atoms with van der Waals surface area (Å²) < 4.78 is 41.7. The molecule has 0 spiro atoms. The summed E-state index contributed by atoms with van der Waals surface area (Å²) >= 11 is 1.22. The van der Waals surface area contributed by atoms with Gasteiger partial charge in [0, 0.05) is 23.4 Å². The first-order valence-electron chi connectivity index (χ1n) is 12.3. The van der Waals surface area contributed by atoms with Crippen LogP contribution in [0.4, 0.5) is 17.1 Å². The van der Waals surface area contributed by atoms with Crippen molar-refractivity contribution < 1.29 is 22.7 Å². The Morgan fingerprint density at radius 2 is 1.70 bits per heavy atom. The number of thioether (sulfide) groups is 1. The zero-order valence-electron chi connectivity index (χ0n) is 21.0. The van der Waals surface area contributed by atoms with Gasteiger partial charge >= 0.3 is 0 Å². The number of carbonyl (C=O) groups excluding carboxylic acids is 1. The van der Waals surface area contributed by atoms with Crippen molar-refractivity contribution in [2.24, 2.45) is 0 Å². The molecular formula is C28H24N4O6S2. The van der Waals surface area contributed by atoms with Gasteiger partial charge in [0.1, 0.15) is 16.8 Å². The number of amides is 1. The summed E-state index contributed by atoms with van der Waals surface area (Å²) in [5, 5.41) is 3.15. The number of pyridine rings is 1. The Morgan fingerprint density at radius 3 is 2.45 bits per heavy atom. The number of anilines is 3. The Hall–Kier alpha value is -4.42. The lowest BCUT2D eigenvalue weighted by Crippen LogP contribution is -2.35. The fourth-order valence-corrected chi connectivity index (χ4v) is 7.14. The van der Waals surface area contributed by atoms with E-state index >= 15 is 0 Å². The lowest BCUT2D eigenvalue weighted by molar-refractivity contribution is -0.118. The van der Waals surface area contributed by atoms with Gasteiger partial charge in [-0.2, -0.15) is 0 Å². The molecular weight excluding hydrogens is 552 g/mol. The van der Waals surface area contributed by atoms with Crippen molar-refractivity contribution in [1.82, 2.24) is 4.57 Å². The summed E-state index contributed by atoms with van der Waals surface area (Å²) in [5.74, 6) is 0.964. The number of nitrogens with two attached hydrogens (primary N) is 1. The van der Waals surface area contributed by atoms with Crippen molar-refractivity contribution in [3.8, 4) is 11.5 Å². The van der Waals surface area contributed by atoms with Crippen molar-refractivity contribution in [1.29, 1.82) is 0 Å². The van der Waals surface area contributed by atoms with Gasteiger partial charge in [0.05, 0.1) is 10.6 Å². The van der Waals surface area contributed by atoms with E-state index in [2.05, 4.69) is 10.0 Å². The van der Waals surface area contributed by atoms with Crippen LogP contribution in [0.1, 0.15) is 17.2 Å². The summed E-state index contributed by atoms with van der Waals surface area (Å²) in [6, 6.07) is 21.2. The second kappa shape index (κ2) is 10.3. The number of aromatic nitrogens is 1. The first-order chi connectivity index (χ1) is 19.3. The molecule has 0 unspecified atom stereocenters. The van der Waals surface area contributed by atoms with Crippen molar-refractivity contribution in [2.45, 2.75) is 22.4 Å².